The normalized spacial score (nSPS) is 13.8. The van der Waals surface area contributed by atoms with Crippen LogP contribution < -0.4 is 0 Å². The molecule has 26 heavy (non-hydrogen) atoms. The fraction of sp³-hybridized carbons (Fsp3) is 0.0400. The van der Waals surface area contributed by atoms with Crippen LogP contribution in [0.1, 0.15) is 22.3 Å². The Hall–Kier alpha value is -3.32. The zero-order chi connectivity index (χ0) is 17.6. The van der Waals surface area contributed by atoms with Crippen molar-refractivity contribution in [1.82, 2.24) is 0 Å². The van der Waals surface area contributed by atoms with Gasteiger partial charge in [-0.1, -0.05) is 84.9 Å². The molecule has 4 aromatic rings. The van der Waals surface area contributed by atoms with Crippen LogP contribution in [0.3, 0.4) is 0 Å². The highest BCUT2D eigenvalue weighted by molar-refractivity contribution is 5.86. The third-order valence-corrected chi connectivity index (χ3v) is 5.39. The summed E-state index contributed by atoms with van der Waals surface area (Å²) in [5.41, 5.74) is 6.89. The van der Waals surface area contributed by atoms with Gasteiger partial charge in [0.2, 0.25) is 0 Å². The predicted octanol–water partition coefficient (Wildman–Crippen LogP) is 5.99. The van der Waals surface area contributed by atoms with E-state index in [2.05, 4.69) is 66.7 Å². The Morgan fingerprint density at radius 1 is 0.577 bits per heavy atom. The Morgan fingerprint density at radius 2 is 1.08 bits per heavy atom. The molecular formula is C25H16O. The number of hydrogen-bond donors (Lipinski definition) is 0. The Bertz CT molecular complexity index is 1030. The molecule has 0 saturated carbocycles. The lowest BCUT2D eigenvalue weighted by atomic mass is 9.68. The summed E-state index contributed by atoms with van der Waals surface area (Å²) < 4.78 is 0. The summed E-state index contributed by atoms with van der Waals surface area (Å²) in [6, 6.07) is 35.7. The fourth-order valence-corrected chi connectivity index (χ4v) is 4.37. The van der Waals surface area contributed by atoms with Crippen LogP contribution >= 0.6 is 0 Å². The zero-order valence-electron chi connectivity index (χ0n) is 14.1. The minimum Gasteiger partial charge on any atom is -0.290 e. The maximum absolute atomic E-state index is 11.8. The maximum Gasteiger partial charge on any atom is 0.178 e. The van der Waals surface area contributed by atoms with Crippen LogP contribution in [-0.2, 0) is 10.5 Å². The molecule has 122 valence electrons. The van der Waals surface area contributed by atoms with Crippen LogP contribution in [0, 0.1) is 6.07 Å². The molecule has 4 aromatic carbocycles. The molecule has 0 unspecified atom stereocenters. The lowest BCUT2D eigenvalue weighted by Gasteiger charge is -2.33. The quantitative estimate of drug-likeness (QED) is 0.378. The highest BCUT2D eigenvalue weighted by Gasteiger charge is 2.45. The molecule has 2 radical (unpaired) electrons. The summed E-state index contributed by atoms with van der Waals surface area (Å²) in [6.07, 6.45) is 0. The Labute approximate surface area is 153 Å². The second-order valence-electron chi connectivity index (χ2n) is 6.65. The molecule has 5 rings (SSSR count). The number of fused-ring (bicyclic) bond motifs is 3. The predicted molar refractivity (Wildman–Crippen MR) is 103 cm³/mol. The molecule has 0 bridgehead atoms. The first kappa shape index (κ1) is 15.0. The summed E-state index contributed by atoms with van der Waals surface area (Å²) in [4.78, 5) is 0. The molecule has 0 saturated heterocycles. The van der Waals surface area contributed by atoms with E-state index in [1.807, 2.05) is 24.3 Å². The molecule has 0 spiro atoms. The Balaban J connectivity index is 1.96. The van der Waals surface area contributed by atoms with Crippen LogP contribution in [0.5, 0.6) is 5.75 Å². The summed E-state index contributed by atoms with van der Waals surface area (Å²) in [6.45, 7) is 0. The van der Waals surface area contributed by atoms with Crippen LogP contribution in [0.4, 0.5) is 0 Å². The molecule has 1 aliphatic rings. The first-order valence-electron chi connectivity index (χ1n) is 8.75. The molecule has 0 amide bonds. The Morgan fingerprint density at radius 3 is 1.65 bits per heavy atom. The third kappa shape index (κ3) is 1.91. The molecule has 1 heteroatoms. The maximum atomic E-state index is 11.8. The second-order valence-corrected chi connectivity index (χ2v) is 6.65. The Kier molecular flexibility index (Phi) is 3.23. The number of benzene rings is 4. The van der Waals surface area contributed by atoms with Crippen LogP contribution in [0.15, 0.2) is 97.1 Å². The largest absolute Gasteiger partial charge is 0.290 e. The molecular weight excluding hydrogens is 316 g/mol. The molecule has 0 aliphatic heterocycles. The van der Waals surface area contributed by atoms with Crippen LogP contribution in [0.2, 0.25) is 0 Å². The van der Waals surface area contributed by atoms with E-state index in [0.717, 1.165) is 5.56 Å². The van der Waals surface area contributed by atoms with Gasteiger partial charge >= 0.3 is 0 Å². The summed E-state index contributed by atoms with van der Waals surface area (Å²) in [5, 5.41) is 11.8. The van der Waals surface area contributed by atoms with Crippen molar-refractivity contribution in [1.29, 1.82) is 0 Å². The van der Waals surface area contributed by atoms with Gasteiger partial charge in [-0.05, 0) is 51.6 Å². The molecule has 0 N–H and O–H groups in total. The number of hydrogen-bond acceptors (Lipinski definition) is 0. The monoisotopic (exact) mass is 332 g/mol. The third-order valence-electron chi connectivity index (χ3n) is 5.39. The minimum atomic E-state index is -0.421. The van der Waals surface area contributed by atoms with Crippen molar-refractivity contribution < 1.29 is 5.11 Å². The second kappa shape index (κ2) is 5.60. The summed E-state index contributed by atoms with van der Waals surface area (Å²) in [5.74, 6) is 0.0323. The van der Waals surface area contributed by atoms with Crippen molar-refractivity contribution in [3.8, 4) is 16.9 Å². The first-order chi connectivity index (χ1) is 12.8. The van der Waals surface area contributed by atoms with Gasteiger partial charge < -0.3 is 0 Å². The standard InChI is InChI=1S/C25H16O/c26-20-16-14-19(15-17-20)25(18-8-2-1-3-9-18)23-12-6-4-10-21(23)22-11-5-7-13-24(22)25/h2-17H. The van der Waals surface area contributed by atoms with Gasteiger partial charge in [-0.25, -0.2) is 0 Å². The van der Waals surface area contributed by atoms with Gasteiger partial charge in [0.25, 0.3) is 0 Å². The van der Waals surface area contributed by atoms with Gasteiger partial charge in [-0.2, -0.15) is 0 Å². The highest BCUT2D eigenvalue weighted by atomic mass is 16.3. The molecule has 0 fully saturated rings. The first-order valence-corrected chi connectivity index (χ1v) is 8.75. The van der Waals surface area contributed by atoms with Crippen LogP contribution in [0.25, 0.3) is 11.1 Å². The van der Waals surface area contributed by atoms with E-state index < -0.39 is 5.41 Å². The average Bonchev–Trinajstić information content (AvgIpc) is 3.01. The topological polar surface area (TPSA) is 19.9 Å². The van der Waals surface area contributed by atoms with Crippen molar-refractivity contribution in [3.63, 3.8) is 0 Å². The van der Waals surface area contributed by atoms with Gasteiger partial charge in [0.1, 0.15) is 0 Å². The van der Waals surface area contributed by atoms with Crippen molar-refractivity contribution >= 4 is 0 Å². The molecule has 0 heterocycles. The molecule has 0 atom stereocenters. The molecule has 1 nitrogen and oxygen atoms in total. The van der Waals surface area contributed by atoms with Gasteiger partial charge in [-0.15, -0.1) is 0 Å². The van der Waals surface area contributed by atoms with E-state index in [1.54, 1.807) is 12.1 Å². The summed E-state index contributed by atoms with van der Waals surface area (Å²) >= 11 is 0. The van der Waals surface area contributed by atoms with Crippen molar-refractivity contribution in [2.24, 2.45) is 0 Å². The smallest absolute Gasteiger partial charge is 0.178 e. The van der Waals surface area contributed by atoms with Crippen molar-refractivity contribution in [2.45, 2.75) is 5.41 Å². The van der Waals surface area contributed by atoms with Crippen LogP contribution in [-0.4, -0.2) is 0 Å². The minimum absolute atomic E-state index is 0.0323. The van der Waals surface area contributed by atoms with E-state index in [-0.39, 0.29) is 5.75 Å². The lowest BCUT2D eigenvalue weighted by molar-refractivity contribution is 0.354. The fourth-order valence-electron chi connectivity index (χ4n) is 4.37. The van der Waals surface area contributed by atoms with Crippen molar-refractivity contribution in [3.05, 3.63) is 125 Å². The number of rotatable bonds is 2. The average molecular weight is 332 g/mol. The van der Waals surface area contributed by atoms with E-state index >= 15 is 0 Å². The molecule has 1 aliphatic carbocycles. The summed E-state index contributed by atoms with van der Waals surface area (Å²) in [7, 11) is 0. The lowest BCUT2D eigenvalue weighted by Crippen LogP contribution is -2.28. The van der Waals surface area contributed by atoms with Gasteiger partial charge in [0.05, 0.1) is 5.41 Å². The molecule has 0 aromatic heterocycles. The van der Waals surface area contributed by atoms with E-state index in [1.165, 1.54) is 27.8 Å². The van der Waals surface area contributed by atoms with E-state index in [0.29, 0.717) is 0 Å². The zero-order valence-corrected chi connectivity index (χ0v) is 14.1. The SMILES string of the molecule is [O]c1ccc(C2(c3cc[c]cc3)c3ccccc3-c3ccccc32)cc1. The van der Waals surface area contributed by atoms with E-state index in [9.17, 15) is 5.11 Å². The van der Waals surface area contributed by atoms with E-state index in [4.69, 9.17) is 0 Å². The van der Waals surface area contributed by atoms with Gasteiger partial charge in [0, 0.05) is 0 Å². The van der Waals surface area contributed by atoms with Gasteiger partial charge in [0.15, 0.2) is 5.75 Å². The van der Waals surface area contributed by atoms with Crippen molar-refractivity contribution in [2.75, 3.05) is 0 Å². The highest BCUT2D eigenvalue weighted by Crippen LogP contribution is 2.55. The van der Waals surface area contributed by atoms with Gasteiger partial charge in [-0.3, -0.25) is 5.11 Å².